The molecular formula is C14H16ClNO4S. The summed E-state index contributed by atoms with van der Waals surface area (Å²) >= 11 is 5.76. The molecule has 114 valence electrons. The van der Waals surface area contributed by atoms with Crippen molar-refractivity contribution in [1.82, 2.24) is 4.72 Å². The Morgan fingerprint density at radius 3 is 2.67 bits per heavy atom. The van der Waals surface area contributed by atoms with Gasteiger partial charge in [0.25, 0.3) is 0 Å². The summed E-state index contributed by atoms with van der Waals surface area (Å²) in [7, 11) is -2.16. The van der Waals surface area contributed by atoms with Crippen molar-refractivity contribution >= 4 is 27.6 Å². The Labute approximate surface area is 129 Å². The van der Waals surface area contributed by atoms with E-state index in [0.29, 0.717) is 29.0 Å². The zero-order valence-corrected chi connectivity index (χ0v) is 13.1. The van der Waals surface area contributed by atoms with Gasteiger partial charge in [-0.25, -0.2) is 17.9 Å². The molecule has 0 amide bonds. The molecule has 7 heteroatoms. The first-order chi connectivity index (χ1) is 9.89. The number of methoxy groups -OCH3 is 1. The molecule has 0 saturated carbocycles. The van der Waals surface area contributed by atoms with Gasteiger partial charge in [0.1, 0.15) is 0 Å². The van der Waals surface area contributed by atoms with Crippen molar-refractivity contribution in [2.24, 2.45) is 0 Å². The quantitative estimate of drug-likeness (QED) is 0.839. The van der Waals surface area contributed by atoms with E-state index in [-0.39, 0.29) is 11.8 Å². The fraction of sp³-hybridized carbons (Fsp3) is 0.357. The Morgan fingerprint density at radius 1 is 1.38 bits per heavy atom. The normalized spacial score (nSPS) is 18.4. The van der Waals surface area contributed by atoms with Crippen molar-refractivity contribution in [1.29, 1.82) is 0 Å². The first-order valence-corrected chi connectivity index (χ1v) is 8.44. The van der Waals surface area contributed by atoms with Gasteiger partial charge >= 0.3 is 5.97 Å². The van der Waals surface area contributed by atoms with Crippen molar-refractivity contribution in [2.75, 3.05) is 7.11 Å². The predicted molar refractivity (Wildman–Crippen MR) is 80.3 cm³/mol. The van der Waals surface area contributed by atoms with E-state index in [1.165, 1.54) is 7.11 Å². The van der Waals surface area contributed by atoms with Gasteiger partial charge in [0.2, 0.25) is 10.0 Å². The molecule has 0 bridgehead atoms. The summed E-state index contributed by atoms with van der Waals surface area (Å²) in [5.41, 5.74) is 1.17. The van der Waals surface area contributed by atoms with Crippen LogP contribution in [0.15, 0.2) is 35.9 Å². The number of rotatable bonds is 5. The minimum Gasteiger partial charge on any atom is -0.466 e. The monoisotopic (exact) mass is 329 g/mol. The van der Waals surface area contributed by atoms with Gasteiger partial charge in [0, 0.05) is 16.6 Å². The van der Waals surface area contributed by atoms with E-state index in [1.807, 2.05) is 0 Å². The highest BCUT2D eigenvalue weighted by molar-refractivity contribution is 7.88. The maximum atomic E-state index is 12.1. The van der Waals surface area contributed by atoms with Crippen LogP contribution in [0.2, 0.25) is 5.02 Å². The Kier molecular flexibility index (Phi) is 5.03. The molecule has 0 fully saturated rings. The third kappa shape index (κ3) is 4.56. The van der Waals surface area contributed by atoms with Crippen LogP contribution in [-0.2, 0) is 25.3 Å². The lowest BCUT2D eigenvalue weighted by Gasteiger charge is -2.13. The molecular weight excluding hydrogens is 314 g/mol. The van der Waals surface area contributed by atoms with Gasteiger partial charge in [-0.15, -0.1) is 0 Å². The number of esters is 1. The highest BCUT2D eigenvalue weighted by Gasteiger charge is 2.26. The molecule has 0 radical (unpaired) electrons. The molecule has 2 rings (SSSR count). The minimum absolute atomic E-state index is 0.117. The minimum atomic E-state index is -3.47. The van der Waals surface area contributed by atoms with Crippen LogP contribution < -0.4 is 4.72 Å². The molecule has 1 aromatic rings. The van der Waals surface area contributed by atoms with E-state index in [9.17, 15) is 13.2 Å². The maximum absolute atomic E-state index is 12.1. The fourth-order valence-electron chi connectivity index (χ4n) is 2.20. The number of hydrogen-bond donors (Lipinski definition) is 1. The summed E-state index contributed by atoms with van der Waals surface area (Å²) in [6.45, 7) is 0. The second kappa shape index (κ2) is 6.60. The van der Waals surface area contributed by atoms with Crippen LogP contribution in [0.3, 0.4) is 0 Å². The summed E-state index contributed by atoms with van der Waals surface area (Å²) in [5.74, 6) is -0.525. The standard InChI is InChI=1S/C14H16ClNO4S/c1-20-14(17)11-4-7-13(8-11)16-21(18,19)9-10-2-5-12(15)6-3-10/h2-6,13,16H,7-9H2,1H3. The predicted octanol–water partition coefficient (Wildman–Crippen LogP) is 2.02. The first kappa shape index (κ1) is 16.0. The summed E-state index contributed by atoms with van der Waals surface area (Å²) in [6.07, 6.45) is 2.55. The molecule has 1 aromatic carbocycles. The molecule has 1 unspecified atom stereocenters. The molecule has 1 atom stereocenters. The number of hydrogen-bond acceptors (Lipinski definition) is 4. The highest BCUT2D eigenvalue weighted by atomic mass is 35.5. The lowest BCUT2D eigenvalue weighted by molar-refractivity contribution is -0.136. The third-order valence-corrected chi connectivity index (χ3v) is 4.84. The highest BCUT2D eigenvalue weighted by Crippen LogP contribution is 2.21. The molecule has 1 aliphatic carbocycles. The van der Waals surface area contributed by atoms with E-state index >= 15 is 0 Å². The first-order valence-electron chi connectivity index (χ1n) is 6.41. The van der Waals surface area contributed by atoms with Crippen molar-refractivity contribution in [3.63, 3.8) is 0 Å². The van der Waals surface area contributed by atoms with Gasteiger partial charge in [0.05, 0.1) is 12.9 Å². The van der Waals surface area contributed by atoms with Crippen LogP contribution in [0.25, 0.3) is 0 Å². The van der Waals surface area contributed by atoms with Crippen molar-refractivity contribution in [2.45, 2.75) is 24.6 Å². The zero-order valence-electron chi connectivity index (χ0n) is 11.5. The van der Waals surface area contributed by atoms with Crippen molar-refractivity contribution < 1.29 is 17.9 Å². The maximum Gasteiger partial charge on any atom is 0.333 e. The van der Waals surface area contributed by atoms with Crippen molar-refractivity contribution in [3.8, 4) is 0 Å². The lowest BCUT2D eigenvalue weighted by Crippen LogP contribution is -2.34. The molecule has 1 aliphatic rings. The molecule has 0 spiro atoms. The fourth-order valence-corrected chi connectivity index (χ4v) is 3.73. The van der Waals surface area contributed by atoms with E-state index in [1.54, 1.807) is 30.3 Å². The number of benzene rings is 1. The number of carbonyl (C=O) groups excluding carboxylic acids is 1. The van der Waals surface area contributed by atoms with E-state index in [2.05, 4.69) is 9.46 Å². The Balaban J connectivity index is 1.94. The van der Waals surface area contributed by atoms with Crippen LogP contribution in [0, 0.1) is 0 Å². The number of sulfonamides is 1. The molecule has 0 aromatic heterocycles. The summed E-state index contributed by atoms with van der Waals surface area (Å²) in [6, 6.07) is 6.36. The number of ether oxygens (including phenoxy) is 1. The van der Waals surface area contributed by atoms with Gasteiger partial charge in [0.15, 0.2) is 0 Å². The molecule has 0 heterocycles. The van der Waals surface area contributed by atoms with Crippen LogP contribution in [0.5, 0.6) is 0 Å². The van der Waals surface area contributed by atoms with E-state index in [4.69, 9.17) is 11.6 Å². The SMILES string of the molecule is COC(=O)C1=CCC(NS(=O)(=O)Cc2ccc(Cl)cc2)C1. The Bertz CT molecular complexity index is 652. The topological polar surface area (TPSA) is 72.5 Å². The molecule has 5 nitrogen and oxygen atoms in total. The summed E-state index contributed by atoms with van der Waals surface area (Å²) in [4.78, 5) is 11.4. The second-order valence-corrected chi connectivity index (χ2v) is 7.05. The van der Waals surface area contributed by atoms with E-state index in [0.717, 1.165) is 0 Å². The van der Waals surface area contributed by atoms with Gasteiger partial charge in [-0.3, -0.25) is 0 Å². The van der Waals surface area contributed by atoms with Gasteiger partial charge in [-0.05, 0) is 30.5 Å². The van der Waals surface area contributed by atoms with Gasteiger partial charge in [-0.1, -0.05) is 29.8 Å². The van der Waals surface area contributed by atoms with Crippen LogP contribution in [0.1, 0.15) is 18.4 Å². The molecule has 0 aliphatic heterocycles. The zero-order chi connectivity index (χ0) is 15.5. The van der Waals surface area contributed by atoms with Crippen LogP contribution in [0.4, 0.5) is 0 Å². The number of carbonyl (C=O) groups is 1. The smallest absolute Gasteiger partial charge is 0.333 e. The largest absolute Gasteiger partial charge is 0.466 e. The Morgan fingerprint density at radius 2 is 2.05 bits per heavy atom. The van der Waals surface area contributed by atoms with Gasteiger partial charge < -0.3 is 4.74 Å². The average molecular weight is 330 g/mol. The third-order valence-electron chi connectivity index (χ3n) is 3.18. The summed E-state index contributed by atoms with van der Waals surface area (Å²) < 4.78 is 31.4. The lowest BCUT2D eigenvalue weighted by atomic mass is 10.2. The van der Waals surface area contributed by atoms with Crippen molar-refractivity contribution in [3.05, 3.63) is 46.5 Å². The number of halogens is 1. The van der Waals surface area contributed by atoms with Gasteiger partial charge in [-0.2, -0.15) is 0 Å². The summed E-state index contributed by atoms with van der Waals surface area (Å²) in [5, 5.41) is 0.562. The Hall–Kier alpha value is -1.37. The van der Waals surface area contributed by atoms with Crippen LogP contribution in [-0.4, -0.2) is 27.5 Å². The molecule has 1 N–H and O–H groups in total. The molecule has 21 heavy (non-hydrogen) atoms. The van der Waals surface area contributed by atoms with E-state index < -0.39 is 16.0 Å². The molecule has 0 saturated heterocycles. The average Bonchev–Trinajstić information content (AvgIpc) is 2.88. The second-order valence-electron chi connectivity index (χ2n) is 4.86. The number of nitrogens with one attached hydrogen (secondary N) is 1. The van der Waals surface area contributed by atoms with Crippen LogP contribution >= 0.6 is 11.6 Å².